The van der Waals surface area contributed by atoms with Crippen molar-refractivity contribution in [3.63, 3.8) is 0 Å². The third-order valence-corrected chi connectivity index (χ3v) is 6.33. The van der Waals surface area contributed by atoms with E-state index in [1.54, 1.807) is 4.57 Å². The number of pyridine rings is 1. The molecule has 0 bridgehead atoms. The van der Waals surface area contributed by atoms with Gasteiger partial charge in [0, 0.05) is 30.9 Å². The van der Waals surface area contributed by atoms with E-state index < -0.39 is 0 Å². The third kappa shape index (κ3) is 3.27. The fourth-order valence-electron chi connectivity index (χ4n) is 5.02. The van der Waals surface area contributed by atoms with Crippen molar-refractivity contribution < 1.29 is 9.47 Å². The molecule has 7 heteroatoms. The number of aryl methyl sites for hydroxylation is 1. The van der Waals surface area contributed by atoms with Gasteiger partial charge in [-0.3, -0.25) is 4.57 Å². The van der Waals surface area contributed by atoms with Crippen LogP contribution in [0.5, 0.6) is 11.5 Å². The number of ether oxygens (including phenoxy) is 2. The van der Waals surface area contributed by atoms with E-state index in [-0.39, 0.29) is 5.69 Å². The van der Waals surface area contributed by atoms with Crippen molar-refractivity contribution in [2.75, 3.05) is 24.7 Å². The van der Waals surface area contributed by atoms with Crippen LogP contribution in [0.2, 0.25) is 0 Å². The quantitative estimate of drug-likeness (QED) is 0.600. The maximum Gasteiger partial charge on any atom is 0.335 e. The molecule has 0 unspecified atom stereocenters. The minimum absolute atomic E-state index is 0.0480. The SMILES string of the molecule is CCCC(CCC)N1CCn2c(=O)n(-c3ccc4c(c3)OCCO4)c3nc(C)cc1c32. The van der Waals surface area contributed by atoms with Crippen LogP contribution in [0.15, 0.2) is 29.1 Å². The number of nitrogens with zero attached hydrogens (tertiary/aromatic N) is 4. The summed E-state index contributed by atoms with van der Waals surface area (Å²) in [4.78, 5) is 20.8. The van der Waals surface area contributed by atoms with Crippen molar-refractivity contribution in [2.45, 2.75) is 59.0 Å². The van der Waals surface area contributed by atoms with Gasteiger partial charge < -0.3 is 14.4 Å². The predicted molar refractivity (Wildman–Crippen MR) is 122 cm³/mol. The van der Waals surface area contributed by atoms with Crippen LogP contribution < -0.4 is 20.1 Å². The number of imidazole rings is 1. The zero-order chi connectivity index (χ0) is 21.5. The molecule has 3 aromatic rings. The predicted octanol–water partition coefficient (Wildman–Crippen LogP) is 4.06. The molecule has 0 saturated heterocycles. The second kappa shape index (κ2) is 7.94. The molecule has 2 aliphatic heterocycles. The van der Waals surface area contributed by atoms with Gasteiger partial charge in [-0.05, 0) is 38.0 Å². The molecule has 0 amide bonds. The van der Waals surface area contributed by atoms with E-state index in [0.29, 0.717) is 42.9 Å². The lowest BCUT2D eigenvalue weighted by Gasteiger charge is -2.37. The molecule has 4 heterocycles. The standard InChI is InChI=1S/C24H30N4O3/c1-4-6-17(7-5-2)26-10-11-27-22-19(26)14-16(3)25-23(22)28(24(27)29)18-8-9-20-21(15-18)31-13-12-30-20/h8-9,14-15,17H,4-7,10-13H2,1-3H3. The molecule has 0 atom stereocenters. The first-order valence-corrected chi connectivity index (χ1v) is 11.4. The van der Waals surface area contributed by atoms with Crippen molar-refractivity contribution in [3.8, 4) is 17.2 Å². The van der Waals surface area contributed by atoms with Crippen molar-refractivity contribution in [1.29, 1.82) is 0 Å². The van der Waals surface area contributed by atoms with Gasteiger partial charge >= 0.3 is 5.69 Å². The number of anilines is 1. The Bertz CT molecular complexity index is 1170. The Morgan fingerprint density at radius 1 is 1.03 bits per heavy atom. The van der Waals surface area contributed by atoms with E-state index in [1.165, 1.54) is 0 Å². The molecule has 164 valence electrons. The van der Waals surface area contributed by atoms with E-state index >= 15 is 0 Å². The average Bonchev–Trinajstić information content (AvgIpc) is 3.05. The highest BCUT2D eigenvalue weighted by atomic mass is 16.6. The number of fused-ring (bicyclic) bond motifs is 1. The van der Waals surface area contributed by atoms with E-state index in [1.807, 2.05) is 29.7 Å². The Morgan fingerprint density at radius 3 is 2.52 bits per heavy atom. The zero-order valence-corrected chi connectivity index (χ0v) is 18.6. The summed E-state index contributed by atoms with van der Waals surface area (Å²) in [6.07, 6.45) is 4.62. The topological polar surface area (TPSA) is 61.5 Å². The molecule has 0 radical (unpaired) electrons. The second-order valence-corrected chi connectivity index (χ2v) is 8.48. The smallest absolute Gasteiger partial charge is 0.335 e. The normalized spacial score (nSPS) is 15.2. The van der Waals surface area contributed by atoms with Gasteiger partial charge in [0.15, 0.2) is 17.1 Å². The number of rotatable bonds is 6. The highest BCUT2D eigenvalue weighted by Gasteiger charge is 2.29. The van der Waals surface area contributed by atoms with Crippen LogP contribution in [0.1, 0.15) is 45.2 Å². The number of benzene rings is 1. The molecule has 0 aliphatic carbocycles. The Morgan fingerprint density at radius 2 is 1.77 bits per heavy atom. The lowest BCUT2D eigenvalue weighted by Crippen LogP contribution is -2.42. The van der Waals surface area contributed by atoms with Crippen molar-refractivity contribution in [1.82, 2.24) is 14.1 Å². The average molecular weight is 423 g/mol. The maximum atomic E-state index is 13.5. The van der Waals surface area contributed by atoms with Gasteiger partial charge in [0.1, 0.15) is 18.7 Å². The maximum absolute atomic E-state index is 13.5. The minimum Gasteiger partial charge on any atom is -0.486 e. The van der Waals surface area contributed by atoms with Crippen LogP contribution in [-0.2, 0) is 6.54 Å². The second-order valence-electron chi connectivity index (χ2n) is 8.48. The first-order valence-electron chi connectivity index (χ1n) is 11.4. The molecule has 7 nitrogen and oxygen atoms in total. The zero-order valence-electron chi connectivity index (χ0n) is 18.6. The Kier molecular flexibility index (Phi) is 5.12. The molecular formula is C24H30N4O3. The van der Waals surface area contributed by atoms with Gasteiger partial charge in [-0.15, -0.1) is 0 Å². The van der Waals surface area contributed by atoms with E-state index in [4.69, 9.17) is 14.5 Å². The number of hydrogen-bond donors (Lipinski definition) is 0. The lowest BCUT2D eigenvalue weighted by molar-refractivity contribution is 0.171. The van der Waals surface area contributed by atoms with Gasteiger partial charge in [0.2, 0.25) is 0 Å². The number of aromatic nitrogens is 3. The van der Waals surface area contributed by atoms with Crippen LogP contribution in [-0.4, -0.2) is 39.9 Å². The van der Waals surface area contributed by atoms with E-state index in [2.05, 4.69) is 24.8 Å². The summed E-state index contributed by atoms with van der Waals surface area (Å²) in [5, 5.41) is 0. The van der Waals surface area contributed by atoms with Crippen LogP contribution in [0.4, 0.5) is 5.69 Å². The molecule has 0 spiro atoms. The molecule has 2 aromatic heterocycles. The Balaban J connectivity index is 1.69. The highest BCUT2D eigenvalue weighted by molar-refractivity contribution is 5.89. The molecule has 0 saturated carbocycles. The van der Waals surface area contributed by atoms with Gasteiger partial charge in [-0.2, -0.15) is 0 Å². The first-order chi connectivity index (χ1) is 15.1. The molecule has 31 heavy (non-hydrogen) atoms. The van der Waals surface area contributed by atoms with Crippen molar-refractivity contribution in [3.05, 3.63) is 40.4 Å². The third-order valence-electron chi connectivity index (χ3n) is 6.33. The molecule has 1 aromatic carbocycles. The summed E-state index contributed by atoms with van der Waals surface area (Å²) in [6.45, 7) is 9.08. The van der Waals surface area contributed by atoms with Crippen LogP contribution in [0.3, 0.4) is 0 Å². The summed E-state index contributed by atoms with van der Waals surface area (Å²) >= 11 is 0. The summed E-state index contributed by atoms with van der Waals surface area (Å²) in [7, 11) is 0. The van der Waals surface area contributed by atoms with Gasteiger partial charge in [0.05, 0.1) is 11.4 Å². The summed E-state index contributed by atoms with van der Waals surface area (Å²) in [6, 6.07) is 8.30. The minimum atomic E-state index is -0.0480. The molecular weight excluding hydrogens is 392 g/mol. The first kappa shape index (κ1) is 20.0. The monoisotopic (exact) mass is 422 g/mol. The summed E-state index contributed by atoms with van der Waals surface area (Å²) in [5.41, 5.74) is 4.42. The molecule has 0 N–H and O–H groups in total. The summed E-state index contributed by atoms with van der Waals surface area (Å²) < 4.78 is 15.0. The van der Waals surface area contributed by atoms with Crippen molar-refractivity contribution in [2.24, 2.45) is 0 Å². The Hall–Kier alpha value is -2.96. The molecule has 5 rings (SSSR count). The van der Waals surface area contributed by atoms with Crippen LogP contribution in [0, 0.1) is 6.92 Å². The van der Waals surface area contributed by atoms with Crippen molar-refractivity contribution >= 4 is 16.9 Å². The van der Waals surface area contributed by atoms with Gasteiger partial charge in [-0.1, -0.05) is 26.7 Å². The highest BCUT2D eigenvalue weighted by Crippen LogP contribution is 2.36. The fraction of sp³-hybridized carbons (Fsp3) is 0.500. The van der Waals surface area contributed by atoms with Gasteiger partial charge in [0.25, 0.3) is 0 Å². The number of hydrogen-bond acceptors (Lipinski definition) is 5. The molecule has 0 fully saturated rings. The fourth-order valence-corrected chi connectivity index (χ4v) is 5.02. The van der Waals surface area contributed by atoms with Crippen LogP contribution >= 0.6 is 0 Å². The Labute approximate surface area is 182 Å². The van der Waals surface area contributed by atoms with E-state index in [0.717, 1.165) is 54.8 Å². The van der Waals surface area contributed by atoms with Gasteiger partial charge in [-0.25, -0.2) is 14.3 Å². The molecule has 2 aliphatic rings. The largest absolute Gasteiger partial charge is 0.486 e. The van der Waals surface area contributed by atoms with Crippen LogP contribution in [0.25, 0.3) is 16.9 Å². The van der Waals surface area contributed by atoms with E-state index in [9.17, 15) is 4.79 Å². The lowest BCUT2D eigenvalue weighted by atomic mass is 10.0. The summed E-state index contributed by atoms with van der Waals surface area (Å²) in [5.74, 6) is 1.39.